The highest BCUT2D eigenvalue weighted by atomic mass is 35.5. The van der Waals surface area contributed by atoms with Gasteiger partial charge in [-0.1, -0.05) is 23.7 Å². The molecule has 0 aliphatic rings. The number of aromatic hydroxyl groups is 1. The molecule has 1 N–H and O–H groups in total. The standard InChI is InChI=1S/C12H10ClNOS/c13-10-7-14-6-5-9(10)8-16-12-4-2-1-3-11(12)15/h1-7,15H,8H2. The van der Waals surface area contributed by atoms with Gasteiger partial charge >= 0.3 is 0 Å². The first kappa shape index (κ1) is 11.3. The SMILES string of the molecule is Oc1ccccc1SCc1ccncc1Cl. The zero-order valence-corrected chi connectivity index (χ0v) is 10.0. The molecule has 0 saturated carbocycles. The van der Waals surface area contributed by atoms with Crippen molar-refractivity contribution >= 4 is 23.4 Å². The number of hydrogen-bond donors (Lipinski definition) is 1. The van der Waals surface area contributed by atoms with Crippen LogP contribution in [0.25, 0.3) is 0 Å². The summed E-state index contributed by atoms with van der Waals surface area (Å²) in [6.45, 7) is 0. The Kier molecular flexibility index (Phi) is 3.70. The van der Waals surface area contributed by atoms with Crippen LogP contribution in [0.3, 0.4) is 0 Å². The third kappa shape index (κ3) is 2.68. The van der Waals surface area contributed by atoms with E-state index < -0.39 is 0 Å². The zero-order valence-electron chi connectivity index (χ0n) is 8.43. The summed E-state index contributed by atoms with van der Waals surface area (Å²) in [6, 6.07) is 9.15. The van der Waals surface area contributed by atoms with Crippen molar-refractivity contribution < 1.29 is 5.11 Å². The van der Waals surface area contributed by atoms with E-state index in [9.17, 15) is 5.11 Å². The van der Waals surface area contributed by atoms with Crippen molar-refractivity contribution in [2.45, 2.75) is 10.6 Å². The summed E-state index contributed by atoms with van der Waals surface area (Å²) < 4.78 is 0. The molecule has 82 valence electrons. The number of aromatic nitrogens is 1. The second kappa shape index (κ2) is 5.23. The third-order valence-electron chi connectivity index (χ3n) is 2.10. The Balaban J connectivity index is 2.09. The number of pyridine rings is 1. The number of nitrogens with zero attached hydrogens (tertiary/aromatic N) is 1. The predicted molar refractivity (Wildman–Crippen MR) is 66.9 cm³/mol. The van der Waals surface area contributed by atoms with Crippen molar-refractivity contribution in [2.24, 2.45) is 0 Å². The lowest BCUT2D eigenvalue weighted by molar-refractivity contribution is 0.462. The van der Waals surface area contributed by atoms with Gasteiger partial charge in [0.1, 0.15) is 5.75 Å². The van der Waals surface area contributed by atoms with Gasteiger partial charge in [-0.3, -0.25) is 4.98 Å². The maximum absolute atomic E-state index is 9.59. The molecular formula is C12H10ClNOS. The van der Waals surface area contributed by atoms with Crippen molar-refractivity contribution in [2.75, 3.05) is 0 Å². The van der Waals surface area contributed by atoms with E-state index >= 15 is 0 Å². The molecule has 0 aliphatic heterocycles. The third-order valence-corrected chi connectivity index (χ3v) is 3.56. The minimum Gasteiger partial charge on any atom is -0.507 e. The molecule has 0 fully saturated rings. The highest BCUT2D eigenvalue weighted by Crippen LogP contribution is 2.31. The number of benzene rings is 1. The van der Waals surface area contributed by atoms with Gasteiger partial charge in [-0.05, 0) is 23.8 Å². The molecule has 0 spiro atoms. The molecular weight excluding hydrogens is 242 g/mol. The average Bonchev–Trinajstić information content (AvgIpc) is 2.30. The molecule has 2 aromatic rings. The number of thioether (sulfide) groups is 1. The lowest BCUT2D eigenvalue weighted by Crippen LogP contribution is -1.84. The normalized spacial score (nSPS) is 10.3. The maximum Gasteiger partial charge on any atom is 0.129 e. The average molecular weight is 252 g/mol. The van der Waals surface area contributed by atoms with Crippen LogP contribution >= 0.6 is 23.4 Å². The number of halogens is 1. The van der Waals surface area contributed by atoms with Crippen LogP contribution in [0.15, 0.2) is 47.6 Å². The van der Waals surface area contributed by atoms with Crippen LogP contribution in [0.4, 0.5) is 0 Å². The van der Waals surface area contributed by atoms with Crippen molar-refractivity contribution in [1.29, 1.82) is 0 Å². The summed E-state index contributed by atoms with van der Waals surface area (Å²) in [6.07, 6.45) is 3.34. The molecule has 2 rings (SSSR count). The lowest BCUT2D eigenvalue weighted by atomic mass is 10.3. The van der Waals surface area contributed by atoms with Gasteiger partial charge in [0.2, 0.25) is 0 Å². The first-order chi connectivity index (χ1) is 7.77. The van der Waals surface area contributed by atoms with E-state index in [-0.39, 0.29) is 0 Å². The second-order valence-electron chi connectivity index (χ2n) is 3.22. The Morgan fingerprint density at radius 3 is 2.81 bits per heavy atom. The van der Waals surface area contributed by atoms with Crippen molar-refractivity contribution in [3.63, 3.8) is 0 Å². The Hall–Kier alpha value is -1.19. The molecule has 0 unspecified atom stereocenters. The van der Waals surface area contributed by atoms with Gasteiger partial charge in [-0.25, -0.2) is 0 Å². The smallest absolute Gasteiger partial charge is 0.129 e. The number of phenols is 1. The largest absolute Gasteiger partial charge is 0.507 e. The monoisotopic (exact) mass is 251 g/mol. The van der Waals surface area contributed by atoms with Crippen LogP contribution in [0, 0.1) is 0 Å². The molecule has 0 bridgehead atoms. The molecule has 0 saturated heterocycles. The molecule has 4 heteroatoms. The first-order valence-corrected chi connectivity index (χ1v) is 6.13. The number of rotatable bonds is 3. The van der Waals surface area contributed by atoms with Crippen LogP contribution in [0.1, 0.15) is 5.56 Å². The van der Waals surface area contributed by atoms with E-state index in [0.29, 0.717) is 10.8 Å². The van der Waals surface area contributed by atoms with E-state index in [4.69, 9.17) is 11.6 Å². The highest BCUT2D eigenvalue weighted by molar-refractivity contribution is 7.98. The quantitative estimate of drug-likeness (QED) is 0.844. The van der Waals surface area contributed by atoms with E-state index in [1.165, 1.54) is 0 Å². The molecule has 0 radical (unpaired) electrons. The van der Waals surface area contributed by atoms with Crippen LogP contribution in [-0.4, -0.2) is 10.1 Å². The summed E-state index contributed by atoms with van der Waals surface area (Å²) in [5, 5.41) is 10.2. The molecule has 1 aromatic carbocycles. The number of hydrogen-bond acceptors (Lipinski definition) is 3. The first-order valence-electron chi connectivity index (χ1n) is 4.76. The molecule has 2 nitrogen and oxygen atoms in total. The van der Waals surface area contributed by atoms with E-state index in [2.05, 4.69) is 4.98 Å². The molecule has 1 aromatic heterocycles. The number of para-hydroxylation sites is 1. The fourth-order valence-electron chi connectivity index (χ4n) is 1.26. The molecule has 16 heavy (non-hydrogen) atoms. The number of phenolic OH excluding ortho intramolecular Hbond substituents is 1. The van der Waals surface area contributed by atoms with Gasteiger partial charge in [0.15, 0.2) is 0 Å². The summed E-state index contributed by atoms with van der Waals surface area (Å²) >= 11 is 7.54. The summed E-state index contributed by atoms with van der Waals surface area (Å²) in [5.41, 5.74) is 1.02. The van der Waals surface area contributed by atoms with Gasteiger partial charge in [0, 0.05) is 23.0 Å². The van der Waals surface area contributed by atoms with E-state index in [1.807, 2.05) is 18.2 Å². The fraction of sp³-hybridized carbons (Fsp3) is 0.0833. The molecule has 0 aliphatic carbocycles. The van der Waals surface area contributed by atoms with Gasteiger partial charge in [0.05, 0.1) is 5.02 Å². The van der Waals surface area contributed by atoms with E-state index in [1.54, 1.807) is 36.3 Å². The fourth-order valence-corrected chi connectivity index (χ4v) is 2.47. The van der Waals surface area contributed by atoms with Crippen molar-refractivity contribution in [3.05, 3.63) is 53.3 Å². The maximum atomic E-state index is 9.59. The highest BCUT2D eigenvalue weighted by Gasteiger charge is 2.03. The van der Waals surface area contributed by atoms with Gasteiger partial charge in [-0.2, -0.15) is 0 Å². The Labute approximate surface area is 103 Å². The lowest BCUT2D eigenvalue weighted by Gasteiger charge is -2.05. The minimum atomic E-state index is 0.303. The topological polar surface area (TPSA) is 33.1 Å². The summed E-state index contributed by atoms with van der Waals surface area (Å²) in [7, 11) is 0. The van der Waals surface area contributed by atoms with Gasteiger partial charge in [-0.15, -0.1) is 11.8 Å². The Bertz CT molecular complexity index is 444. The van der Waals surface area contributed by atoms with Crippen LogP contribution in [0.5, 0.6) is 5.75 Å². The Morgan fingerprint density at radius 1 is 1.25 bits per heavy atom. The van der Waals surface area contributed by atoms with E-state index in [0.717, 1.165) is 16.2 Å². The zero-order chi connectivity index (χ0) is 11.4. The molecule has 0 amide bonds. The van der Waals surface area contributed by atoms with Crippen LogP contribution in [0.2, 0.25) is 5.02 Å². The van der Waals surface area contributed by atoms with Crippen LogP contribution in [-0.2, 0) is 5.75 Å². The minimum absolute atomic E-state index is 0.303. The van der Waals surface area contributed by atoms with Crippen LogP contribution < -0.4 is 0 Å². The van der Waals surface area contributed by atoms with Gasteiger partial charge < -0.3 is 5.11 Å². The predicted octanol–water partition coefficient (Wildman–Crippen LogP) is 3.73. The van der Waals surface area contributed by atoms with Crippen molar-refractivity contribution in [3.8, 4) is 5.75 Å². The second-order valence-corrected chi connectivity index (χ2v) is 4.65. The molecule has 1 heterocycles. The van der Waals surface area contributed by atoms with Crippen molar-refractivity contribution in [1.82, 2.24) is 4.98 Å². The summed E-state index contributed by atoms with van der Waals surface area (Å²) in [5.74, 6) is 1.02. The molecule has 0 atom stereocenters. The Morgan fingerprint density at radius 2 is 2.06 bits per heavy atom. The van der Waals surface area contributed by atoms with Gasteiger partial charge in [0.25, 0.3) is 0 Å². The summed E-state index contributed by atoms with van der Waals surface area (Å²) in [4.78, 5) is 4.78.